The first-order valence-electron chi connectivity index (χ1n) is 5.44. The fourth-order valence-corrected chi connectivity index (χ4v) is 2.02. The van der Waals surface area contributed by atoms with Crippen molar-refractivity contribution in [3.05, 3.63) is 69.9 Å². The molecule has 0 aliphatic heterocycles. The average Bonchev–Trinajstić information content (AvgIpc) is 2.37. The van der Waals surface area contributed by atoms with Gasteiger partial charge in [0.25, 0.3) is 5.91 Å². The molecule has 0 atom stereocenters. The molecule has 2 aromatic carbocycles. The van der Waals surface area contributed by atoms with E-state index in [9.17, 15) is 9.18 Å². The summed E-state index contributed by atoms with van der Waals surface area (Å²) in [5, 5.41) is 2.68. The van der Waals surface area contributed by atoms with Gasteiger partial charge in [0.05, 0.1) is 5.56 Å². The number of amides is 1. The van der Waals surface area contributed by atoms with Crippen molar-refractivity contribution >= 4 is 21.8 Å². The summed E-state index contributed by atoms with van der Waals surface area (Å²) in [4.78, 5) is 11.8. The van der Waals surface area contributed by atoms with Crippen molar-refractivity contribution in [1.82, 2.24) is 5.32 Å². The van der Waals surface area contributed by atoms with Gasteiger partial charge >= 0.3 is 0 Å². The van der Waals surface area contributed by atoms with Gasteiger partial charge in [0.1, 0.15) is 5.82 Å². The third kappa shape index (κ3) is 3.17. The zero-order chi connectivity index (χ0) is 13.0. The molecule has 0 radical (unpaired) electrons. The maximum absolute atomic E-state index is 13.4. The lowest BCUT2D eigenvalue weighted by molar-refractivity contribution is 0.0947. The van der Waals surface area contributed by atoms with Crippen LogP contribution in [0.1, 0.15) is 15.9 Å². The van der Waals surface area contributed by atoms with Crippen molar-refractivity contribution in [3.8, 4) is 0 Å². The van der Waals surface area contributed by atoms with E-state index in [1.807, 2.05) is 24.3 Å². The van der Waals surface area contributed by atoms with Gasteiger partial charge in [-0.3, -0.25) is 4.79 Å². The monoisotopic (exact) mass is 307 g/mol. The van der Waals surface area contributed by atoms with E-state index < -0.39 is 11.7 Å². The largest absolute Gasteiger partial charge is 0.348 e. The zero-order valence-corrected chi connectivity index (χ0v) is 11.1. The van der Waals surface area contributed by atoms with E-state index in [1.54, 1.807) is 12.1 Å². The minimum atomic E-state index is -0.510. The first kappa shape index (κ1) is 12.8. The second kappa shape index (κ2) is 5.78. The maximum Gasteiger partial charge on any atom is 0.254 e. The van der Waals surface area contributed by atoms with Crippen LogP contribution in [0.5, 0.6) is 0 Å². The van der Waals surface area contributed by atoms with Crippen LogP contribution in [0.25, 0.3) is 0 Å². The van der Waals surface area contributed by atoms with Gasteiger partial charge in [-0.05, 0) is 29.8 Å². The highest BCUT2D eigenvalue weighted by molar-refractivity contribution is 9.10. The standard InChI is InChI=1S/C14H11BrFNO/c15-11-5-3-4-10(8-11)9-17-14(18)12-6-1-2-7-13(12)16/h1-8H,9H2,(H,17,18). The molecule has 1 amide bonds. The van der Waals surface area contributed by atoms with Gasteiger partial charge in [-0.25, -0.2) is 4.39 Å². The summed E-state index contributed by atoms with van der Waals surface area (Å²) in [6.45, 7) is 0.368. The summed E-state index contributed by atoms with van der Waals surface area (Å²) >= 11 is 3.35. The van der Waals surface area contributed by atoms with Gasteiger partial charge in [0.15, 0.2) is 0 Å². The fourth-order valence-electron chi connectivity index (χ4n) is 1.57. The van der Waals surface area contributed by atoms with Crippen molar-refractivity contribution in [2.24, 2.45) is 0 Å². The molecule has 0 aromatic heterocycles. The smallest absolute Gasteiger partial charge is 0.254 e. The number of benzene rings is 2. The van der Waals surface area contributed by atoms with Crippen LogP contribution in [-0.4, -0.2) is 5.91 Å². The van der Waals surface area contributed by atoms with E-state index in [4.69, 9.17) is 0 Å². The SMILES string of the molecule is O=C(NCc1cccc(Br)c1)c1ccccc1F. The van der Waals surface area contributed by atoms with E-state index in [2.05, 4.69) is 21.2 Å². The number of hydrogen-bond donors (Lipinski definition) is 1. The molecule has 2 rings (SSSR count). The molecule has 18 heavy (non-hydrogen) atoms. The van der Waals surface area contributed by atoms with Gasteiger partial charge < -0.3 is 5.32 Å². The van der Waals surface area contributed by atoms with E-state index in [1.165, 1.54) is 12.1 Å². The Bertz CT molecular complexity index is 571. The Morgan fingerprint density at radius 1 is 1.17 bits per heavy atom. The molecule has 92 valence electrons. The van der Waals surface area contributed by atoms with Crippen LogP contribution in [-0.2, 0) is 6.54 Å². The highest BCUT2D eigenvalue weighted by atomic mass is 79.9. The molecule has 2 aromatic rings. The first-order valence-corrected chi connectivity index (χ1v) is 6.23. The number of carbonyl (C=O) groups is 1. The van der Waals surface area contributed by atoms with E-state index in [0.717, 1.165) is 10.0 Å². The molecule has 0 unspecified atom stereocenters. The van der Waals surface area contributed by atoms with Crippen LogP contribution in [0.3, 0.4) is 0 Å². The van der Waals surface area contributed by atoms with Crippen molar-refractivity contribution in [3.63, 3.8) is 0 Å². The van der Waals surface area contributed by atoms with Gasteiger partial charge in [0, 0.05) is 11.0 Å². The first-order chi connectivity index (χ1) is 8.66. The molecular formula is C14H11BrFNO. The van der Waals surface area contributed by atoms with Crippen LogP contribution >= 0.6 is 15.9 Å². The predicted octanol–water partition coefficient (Wildman–Crippen LogP) is 3.52. The molecule has 0 fully saturated rings. The fraction of sp³-hybridized carbons (Fsp3) is 0.0714. The Labute approximate surface area is 113 Å². The lowest BCUT2D eigenvalue weighted by Gasteiger charge is -2.06. The van der Waals surface area contributed by atoms with E-state index in [0.29, 0.717) is 6.54 Å². The highest BCUT2D eigenvalue weighted by Gasteiger charge is 2.09. The Morgan fingerprint density at radius 2 is 1.94 bits per heavy atom. The molecule has 4 heteroatoms. The molecule has 1 N–H and O–H groups in total. The lowest BCUT2D eigenvalue weighted by atomic mass is 10.2. The quantitative estimate of drug-likeness (QED) is 0.923. The molecule has 0 aliphatic carbocycles. The van der Waals surface area contributed by atoms with Gasteiger partial charge in [-0.15, -0.1) is 0 Å². The maximum atomic E-state index is 13.4. The summed E-state index contributed by atoms with van der Waals surface area (Å²) < 4.78 is 14.3. The summed E-state index contributed by atoms with van der Waals surface area (Å²) in [6.07, 6.45) is 0. The third-order valence-electron chi connectivity index (χ3n) is 2.46. The van der Waals surface area contributed by atoms with E-state index in [-0.39, 0.29) is 5.56 Å². The normalized spacial score (nSPS) is 10.1. The van der Waals surface area contributed by atoms with Crippen molar-refractivity contribution in [2.75, 3.05) is 0 Å². The molecule has 0 saturated heterocycles. The highest BCUT2D eigenvalue weighted by Crippen LogP contribution is 2.12. The van der Waals surface area contributed by atoms with Crippen LogP contribution in [0.15, 0.2) is 53.0 Å². The number of nitrogens with one attached hydrogen (secondary N) is 1. The Kier molecular flexibility index (Phi) is 4.10. The number of carbonyl (C=O) groups excluding carboxylic acids is 1. The van der Waals surface area contributed by atoms with Crippen LogP contribution < -0.4 is 5.32 Å². The summed E-state index contributed by atoms with van der Waals surface area (Å²) in [7, 11) is 0. The summed E-state index contributed by atoms with van der Waals surface area (Å²) in [5.74, 6) is -0.919. The lowest BCUT2D eigenvalue weighted by Crippen LogP contribution is -2.23. The van der Waals surface area contributed by atoms with Gasteiger partial charge in [0.2, 0.25) is 0 Å². The number of rotatable bonds is 3. The topological polar surface area (TPSA) is 29.1 Å². The van der Waals surface area contributed by atoms with E-state index >= 15 is 0 Å². The van der Waals surface area contributed by atoms with Crippen LogP contribution in [0, 0.1) is 5.82 Å². The van der Waals surface area contributed by atoms with Crippen molar-refractivity contribution < 1.29 is 9.18 Å². The van der Waals surface area contributed by atoms with Crippen LogP contribution in [0.4, 0.5) is 4.39 Å². The molecule has 2 nitrogen and oxygen atoms in total. The van der Waals surface area contributed by atoms with Crippen molar-refractivity contribution in [1.29, 1.82) is 0 Å². The molecule has 0 bridgehead atoms. The Hall–Kier alpha value is -1.68. The number of hydrogen-bond acceptors (Lipinski definition) is 1. The van der Waals surface area contributed by atoms with Crippen LogP contribution in [0.2, 0.25) is 0 Å². The Morgan fingerprint density at radius 3 is 2.67 bits per heavy atom. The molecule has 0 saturated carbocycles. The third-order valence-corrected chi connectivity index (χ3v) is 2.95. The van der Waals surface area contributed by atoms with Gasteiger partial charge in [-0.2, -0.15) is 0 Å². The minimum absolute atomic E-state index is 0.0625. The average molecular weight is 308 g/mol. The molecule has 0 spiro atoms. The van der Waals surface area contributed by atoms with Gasteiger partial charge in [-0.1, -0.05) is 40.2 Å². The molecule has 0 heterocycles. The zero-order valence-electron chi connectivity index (χ0n) is 9.49. The van der Waals surface area contributed by atoms with Crippen molar-refractivity contribution in [2.45, 2.75) is 6.54 Å². The summed E-state index contributed by atoms with van der Waals surface area (Å²) in [6, 6.07) is 13.5. The number of halogens is 2. The second-order valence-electron chi connectivity index (χ2n) is 3.79. The second-order valence-corrected chi connectivity index (χ2v) is 4.71. The molecular weight excluding hydrogens is 297 g/mol. The predicted molar refractivity (Wildman–Crippen MR) is 71.7 cm³/mol. The Balaban J connectivity index is 2.03. The molecule has 0 aliphatic rings. The minimum Gasteiger partial charge on any atom is -0.348 e. The summed E-state index contributed by atoms with van der Waals surface area (Å²) in [5.41, 5.74) is 1.02.